The standard InChI is InChI=1S/C24H25N7O5S/c1-13-8-15(11-26-9-13)20-29-21(27-10-14-6-4-3-5-7-14)16-22(30-20)31(12-28-16)24-18(33)17(32)19(23(34)25-2)37(24,35)36/h3-9,11-12,17-19,24,32-33H,10H2,1-2H3,(H,25,34)(H,27,29,30)/t17-,18+,19-,24+/m0/s1. The monoisotopic (exact) mass is 523 g/mol. The van der Waals surface area contributed by atoms with Crippen LogP contribution in [-0.2, 0) is 21.2 Å². The van der Waals surface area contributed by atoms with Crippen LogP contribution in [0.25, 0.3) is 22.6 Å². The predicted octanol–water partition coefficient (Wildman–Crippen LogP) is 0.572. The molecule has 1 aliphatic rings. The van der Waals surface area contributed by atoms with Crippen molar-refractivity contribution in [2.24, 2.45) is 0 Å². The predicted molar refractivity (Wildman–Crippen MR) is 135 cm³/mol. The Kier molecular flexibility index (Phi) is 6.35. The third-order valence-electron chi connectivity index (χ3n) is 6.28. The lowest BCUT2D eigenvalue weighted by Gasteiger charge is -2.17. The van der Waals surface area contributed by atoms with Gasteiger partial charge < -0.3 is 20.8 Å². The molecule has 37 heavy (non-hydrogen) atoms. The van der Waals surface area contributed by atoms with Crippen LogP contribution in [-0.4, -0.2) is 73.5 Å². The number of pyridine rings is 1. The van der Waals surface area contributed by atoms with E-state index in [1.807, 2.05) is 43.3 Å². The van der Waals surface area contributed by atoms with E-state index in [0.29, 0.717) is 17.9 Å². The molecule has 0 aliphatic carbocycles. The molecule has 0 unspecified atom stereocenters. The maximum atomic E-state index is 13.4. The highest BCUT2D eigenvalue weighted by Gasteiger charge is 2.58. The summed E-state index contributed by atoms with van der Waals surface area (Å²) < 4.78 is 27.9. The fourth-order valence-corrected chi connectivity index (χ4v) is 6.76. The van der Waals surface area contributed by atoms with E-state index in [-0.39, 0.29) is 17.0 Å². The molecule has 1 fully saturated rings. The van der Waals surface area contributed by atoms with Crippen LogP contribution >= 0.6 is 0 Å². The molecule has 4 heterocycles. The van der Waals surface area contributed by atoms with Crippen LogP contribution in [0, 0.1) is 6.92 Å². The minimum atomic E-state index is -4.39. The summed E-state index contributed by atoms with van der Waals surface area (Å²) in [5.41, 5.74) is 2.83. The van der Waals surface area contributed by atoms with Crippen LogP contribution < -0.4 is 10.6 Å². The normalized spacial score (nSPS) is 22.7. The second-order valence-corrected chi connectivity index (χ2v) is 11.0. The lowest BCUT2D eigenvalue weighted by Crippen LogP contribution is -2.43. The number of benzene rings is 1. The van der Waals surface area contributed by atoms with Crippen molar-refractivity contribution in [1.29, 1.82) is 0 Å². The first kappa shape index (κ1) is 24.7. The van der Waals surface area contributed by atoms with E-state index in [0.717, 1.165) is 11.1 Å². The number of nitrogens with zero attached hydrogens (tertiary/aromatic N) is 5. The summed E-state index contributed by atoms with van der Waals surface area (Å²) in [7, 11) is -3.13. The highest BCUT2D eigenvalue weighted by atomic mass is 32.2. The zero-order valence-corrected chi connectivity index (χ0v) is 20.8. The van der Waals surface area contributed by atoms with Crippen LogP contribution in [0.5, 0.6) is 0 Å². The number of carbonyl (C=O) groups excluding carboxylic acids is 1. The smallest absolute Gasteiger partial charge is 0.240 e. The van der Waals surface area contributed by atoms with E-state index in [9.17, 15) is 23.4 Å². The summed E-state index contributed by atoms with van der Waals surface area (Å²) in [6.07, 6.45) is 0.871. The maximum absolute atomic E-state index is 13.4. The highest BCUT2D eigenvalue weighted by Crippen LogP contribution is 2.38. The number of sulfone groups is 1. The van der Waals surface area contributed by atoms with Crippen molar-refractivity contribution >= 4 is 32.7 Å². The van der Waals surface area contributed by atoms with Crippen molar-refractivity contribution < 1.29 is 23.4 Å². The minimum absolute atomic E-state index is 0.111. The van der Waals surface area contributed by atoms with E-state index in [1.165, 1.54) is 17.9 Å². The van der Waals surface area contributed by atoms with Crippen molar-refractivity contribution in [3.63, 3.8) is 0 Å². The molecule has 0 radical (unpaired) electrons. The lowest BCUT2D eigenvalue weighted by atomic mass is 10.1. The SMILES string of the molecule is CNC(=O)[C@@H]1[C@@H](O)[C@@H](O)[C@H](n2cnc3c(NCc4ccccc4)nc(-c4cncc(C)c4)nc32)S1(=O)=O. The number of nitrogens with one attached hydrogen (secondary N) is 2. The molecular formula is C24H25N7O5S. The first-order valence-corrected chi connectivity index (χ1v) is 13.1. The second kappa shape index (κ2) is 9.50. The van der Waals surface area contributed by atoms with E-state index in [1.54, 1.807) is 12.4 Å². The first-order valence-electron chi connectivity index (χ1n) is 11.5. The Bertz CT molecular complexity index is 1580. The van der Waals surface area contributed by atoms with Crippen LogP contribution in [0.2, 0.25) is 0 Å². The van der Waals surface area contributed by atoms with Gasteiger partial charge in [0.2, 0.25) is 5.91 Å². The molecule has 12 nitrogen and oxygen atoms in total. The Morgan fingerprint density at radius 2 is 1.86 bits per heavy atom. The molecule has 0 bridgehead atoms. The summed E-state index contributed by atoms with van der Waals surface area (Å²) >= 11 is 0. The molecule has 1 aliphatic heterocycles. The zero-order chi connectivity index (χ0) is 26.3. The number of aliphatic hydroxyl groups is 2. The van der Waals surface area contributed by atoms with Gasteiger partial charge in [0.15, 0.2) is 43.3 Å². The van der Waals surface area contributed by atoms with Crippen LogP contribution in [0.4, 0.5) is 5.82 Å². The molecule has 0 saturated carbocycles. The summed E-state index contributed by atoms with van der Waals surface area (Å²) in [6.45, 7) is 2.28. The molecule has 13 heteroatoms. The fraction of sp³-hybridized carbons (Fsp3) is 0.292. The van der Waals surface area contributed by atoms with Crippen molar-refractivity contribution in [3.05, 3.63) is 66.2 Å². The van der Waals surface area contributed by atoms with Gasteiger partial charge in [-0.1, -0.05) is 30.3 Å². The first-order chi connectivity index (χ1) is 17.7. The molecule has 192 valence electrons. The Morgan fingerprint density at radius 1 is 1.11 bits per heavy atom. The summed E-state index contributed by atoms with van der Waals surface area (Å²) in [6, 6.07) is 11.4. The van der Waals surface area contributed by atoms with Crippen molar-refractivity contribution in [2.45, 2.75) is 36.3 Å². The van der Waals surface area contributed by atoms with Gasteiger partial charge >= 0.3 is 0 Å². The molecule has 4 N–H and O–H groups in total. The fourth-order valence-electron chi connectivity index (χ4n) is 4.47. The Morgan fingerprint density at radius 3 is 2.57 bits per heavy atom. The van der Waals surface area contributed by atoms with Gasteiger partial charge in [-0.3, -0.25) is 14.3 Å². The van der Waals surface area contributed by atoms with Gasteiger partial charge in [-0.15, -0.1) is 0 Å². The van der Waals surface area contributed by atoms with Crippen molar-refractivity contribution in [3.8, 4) is 11.4 Å². The number of aryl methyl sites for hydroxylation is 1. The number of amides is 1. The highest BCUT2D eigenvalue weighted by molar-refractivity contribution is 7.93. The van der Waals surface area contributed by atoms with Crippen molar-refractivity contribution in [2.75, 3.05) is 12.4 Å². The zero-order valence-electron chi connectivity index (χ0n) is 20.0. The van der Waals surface area contributed by atoms with E-state index in [2.05, 4.69) is 30.6 Å². The molecule has 3 aromatic heterocycles. The van der Waals surface area contributed by atoms with Crippen molar-refractivity contribution in [1.82, 2.24) is 29.8 Å². The van der Waals surface area contributed by atoms with E-state index in [4.69, 9.17) is 0 Å². The van der Waals surface area contributed by atoms with E-state index >= 15 is 0 Å². The Hall–Kier alpha value is -3.94. The number of carbonyl (C=O) groups is 1. The van der Waals surface area contributed by atoms with Crippen LogP contribution in [0.3, 0.4) is 0 Å². The number of hydrogen-bond donors (Lipinski definition) is 4. The largest absolute Gasteiger partial charge is 0.388 e. The number of rotatable bonds is 6. The van der Waals surface area contributed by atoms with Gasteiger partial charge in [0.25, 0.3) is 0 Å². The maximum Gasteiger partial charge on any atom is 0.240 e. The van der Waals surface area contributed by atoms with Crippen LogP contribution in [0.1, 0.15) is 16.5 Å². The van der Waals surface area contributed by atoms with Gasteiger partial charge in [-0.05, 0) is 24.1 Å². The van der Waals surface area contributed by atoms with Gasteiger partial charge in [-0.2, -0.15) is 0 Å². The number of anilines is 1. The number of hydrogen-bond acceptors (Lipinski definition) is 10. The summed E-state index contributed by atoms with van der Waals surface area (Å²) in [4.78, 5) is 30.0. The quantitative estimate of drug-likeness (QED) is 0.280. The van der Waals surface area contributed by atoms with Gasteiger partial charge in [-0.25, -0.2) is 23.4 Å². The number of imidazole rings is 1. The summed E-state index contributed by atoms with van der Waals surface area (Å²) in [5, 5.41) is 23.2. The van der Waals surface area contributed by atoms with E-state index < -0.39 is 38.6 Å². The third-order valence-corrected chi connectivity index (χ3v) is 8.66. The Labute approximate surface area is 212 Å². The van der Waals surface area contributed by atoms with Gasteiger partial charge in [0.1, 0.15) is 12.2 Å². The molecule has 1 amide bonds. The average molecular weight is 524 g/mol. The van der Waals surface area contributed by atoms with Gasteiger partial charge in [0, 0.05) is 31.5 Å². The molecule has 0 spiro atoms. The molecule has 4 atom stereocenters. The molecular weight excluding hydrogens is 498 g/mol. The second-order valence-electron chi connectivity index (χ2n) is 8.81. The number of aliphatic hydroxyl groups excluding tert-OH is 2. The lowest BCUT2D eigenvalue weighted by molar-refractivity contribution is -0.123. The topological polar surface area (TPSA) is 172 Å². The van der Waals surface area contributed by atoms with Crippen LogP contribution in [0.15, 0.2) is 55.1 Å². The minimum Gasteiger partial charge on any atom is -0.388 e. The molecule has 1 saturated heterocycles. The average Bonchev–Trinajstić information content (AvgIpc) is 3.37. The Balaban J connectivity index is 1.66. The molecule has 4 aromatic rings. The molecule has 1 aromatic carbocycles. The summed E-state index contributed by atoms with van der Waals surface area (Å²) in [5.74, 6) is -0.309. The van der Waals surface area contributed by atoms with Gasteiger partial charge in [0.05, 0.1) is 6.33 Å². The molecule has 5 rings (SSSR count). The number of fused-ring (bicyclic) bond motifs is 1. The number of aromatic nitrogens is 5. The third kappa shape index (κ3) is 4.30.